The number of hydrogen-bond donors (Lipinski definition) is 0. The highest BCUT2D eigenvalue weighted by atomic mass is 16.2. The van der Waals surface area contributed by atoms with E-state index in [1.807, 2.05) is 67.2 Å². The van der Waals surface area contributed by atoms with Gasteiger partial charge in [-0.1, -0.05) is 12.1 Å². The molecule has 1 saturated heterocycles. The summed E-state index contributed by atoms with van der Waals surface area (Å²) < 4.78 is 0. The normalized spacial score (nSPS) is 15.1. The van der Waals surface area contributed by atoms with Crippen LogP contribution in [0, 0.1) is 0 Å². The Labute approximate surface area is 145 Å². The van der Waals surface area contributed by atoms with Crippen LogP contribution >= 0.6 is 0 Å². The molecule has 0 aromatic heterocycles. The number of rotatable bonds is 3. The van der Waals surface area contributed by atoms with Crippen LogP contribution in [-0.4, -0.2) is 92.9 Å². The molecular formula is C18H29N5O. The molecular weight excluding hydrogens is 302 g/mol. The van der Waals surface area contributed by atoms with E-state index in [0.29, 0.717) is 6.54 Å². The van der Waals surface area contributed by atoms with Crippen molar-refractivity contribution in [1.29, 1.82) is 0 Å². The van der Waals surface area contributed by atoms with Crippen molar-refractivity contribution in [3.05, 3.63) is 35.4 Å². The van der Waals surface area contributed by atoms with Crippen molar-refractivity contribution in [2.24, 2.45) is 4.99 Å². The summed E-state index contributed by atoms with van der Waals surface area (Å²) in [6.07, 6.45) is 0. The van der Waals surface area contributed by atoms with Crippen LogP contribution in [0.4, 0.5) is 0 Å². The summed E-state index contributed by atoms with van der Waals surface area (Å²) in [5, 5.41) is 0. The molecule has 6 nitrogen and oxygen atoms in total. The number of nitrogens with zero attached hydrogens (tertiary/aromatic N) is 5. The van der Waals surface area contributed by atoms with E-state index in [1.165, 1.54) is 0 Å². The van der Waals surface area contributed by atoms with Crippen molar-refractivity contribution in [3.63, 3.8) is 0 Å². The van der Waals surface area contributed by atoms with Gasteiger partial charge in [-0.15, -0.1) is 0 Å². The first-order chi connectivity index (χ1) is 11.4. The number of carbonyl (C=O) groups is 1. The smallest absolute Gasteiger partial charge is 0.253 e. The van der Waals surface area contributed by atoms with E-state index in [-0.39, 0.29) is 5.91 Å². The fourth-order valence-corrected chi connectivity index (χ4v) is 2.79. The van der Waals surface area contributed by atoms with E-state index in [9.17, 15) is 4.79 Å². The molecule has 2 rings (SSSR count). The van der Waals surface area contributed by atoms with Crippen LogP contribution in [0.1, 0.15) is 15.9 Å². The zero-order chi connectivity index (χ0) is 17.7. The minimum Gasteiger partial charge on any atom is -0.349 e. The Bertz CT molecular complexity index is 562. The molecule has 0 atom stereocenters. The molecule has 0 unspecified atom stereocenters. The zero-order valence-corrected chi connectivity index (χ0v) is 15.5. The molecule has 24 heavy (non-hydrogen) atoms. The van der Waals surface area contributed by atoms with E-state index >= 15 is 0 Å². The van der Waals surface area contributed by atoms with Crippen molar-refractivity contribution in [1.82, 2.24) is 19.6 Å². The Kier molecular flexibility index (Phi) is 6.20. The van der Waals surface area contributed by atoms with Crippen molar-refractivity contribution in [3.8, 4) is 0 Å². The van der Waals surface area contributed by atoms with Crippen molar-refractivity contribution in [2.45, 2.75) is 6.54 Å². The maximum atomic E-state index is 12.5. The molecule has 6 heteroatoms. The average Bonchev–Trinajstić information content (AvgIpc) is 2.55. The monoisotopic (exact) mass is 331 g/mol. The molecule has 1 heterocycles. The predicted molar refractivity (Wildman–Crippen MR) is 98.4 cm³/mol. The van der Waals surface area contributed by atoms with E-state index in [4.69, 9.17) is 0 Å². The second-order valence-electron chi connectivity index (χ2n) is 6.70. The molecule has 1 aromatic carbocycles. The first kappa shape index (κ1) is 18.3. The summed E-state index contributed by atoms with van der Waals surface area (Å²) in [6, 6.07) is 7.82. The summed E-state index contributed by atoms with van der Waals surface area (Å²) in [5.41, 5.74) is 1.86. The van der Waals surface area contributed by atoms with Crippen LogP contribution in [0.2, 0.25) is 0 Å². The Morgan fingerprint density at radius 1 is 1.00 bits per heavy atom. The molecule has 1 amide bonds. The number of benzene rings is 1. The van der Waals surface area contributed by atoms with Gasteiger partial charge in [0.05, 0.1) is 6.54 Å². The third kappa shape index (κ3) is 4.71. The predicted octanol–water partition coefficient (Wildman–Crippen LogP) is 1.05. The fraction of sp³-hybridized carbons (Fsp3) is 0.556. The number of amides is 1. The molecule has 0 radical (unpaired) electrons. The molecule has 0 spiro atoms. The van der Waals surface area contributed by atoms with Gasteiger partial charge in [0.25, 0.3) is 5.91 Å². The van der Waals surface area contributed by atoms with Crippen LogP contribution < -0.4 is 0 Å². The number of piperazine rings is 1. The molecule has 1 aliphatic heterocycles. The van der Waals surface area contributed by atoms with Gasteiger partial charge < -0.3 is 19.6 Å². The lowest BCUT2D eigenvalue weighted by Crippen LogP contribution is -2.47. The zero-order valence-electron chi connectivity index (χ0n) is 15.5. The van der Waals surface area contributed by atoms with Gasteiger partial charge in [-0.25, -0.2) is 4.99 Å². The van der Waals surface area contributed by atoms with Gasteiger partial charge in [0.1, 0.15) is 0 Å². The number of guanidine groups is 1. The number of aliphatic imine (C=N–C) groups is 1. The van der Waals surface area contributed by atoms with Gasteiger partial charge in [-0.2, -0.15) is 0 Å². The highest BCUT2D eigenvalue weighted by Gasteiger charge is 2.20. The van der Waals surface area contributed by atoms with Crippen molar-refractivity contribution in [2.75, 3.05) is 61.4 Å². The van der Waals surface area contributed by atoms with E-state index in [2.05, 4.69) is 16.9 Å². The van der Waals surface area contributed by atoms with Crippen LogP contribution in [0.3, 0.4) is 0 Å². The SMILES string of the molecule is CN1CCN(C(=O)c2ccc(CN=C(N(C)C)N(C)C)cc2)CC1. The first-order valence-electron chi connectivity index (χ1n) is 8.34. The third-order valence-electron chi connectivity index (χ3n) is 4.19. The van der Waals surface area contributed by atoms with Crippen molar-refractivity contribution >= 4 is 11.9 Å². The molecule has 1 aliphatic rings. The molecule has 0 N–H and O–H groups in total. The largest absolute Gasteiger partial charge is 0.349 e. The molecule has 0 bridgehead atoms. The summed E-state index contributed by atoms with van der Waals surface area (Å²) in [5.74, 6) is 1.05. The van der Waals surface area contributed by atoms with Gasteiger partial charge in [0.2, 0.25) is 0 Å². The maximum absolute atomic E-state index is 12.5. The Hall–Kier alpha value is -2.08. The van der Waals surface area contributed by atoms with E-state index < -0.39 is 0 Å². The summed E-state index contributed by atoms with van der Waals surface area (Å²) in [4.78, 5) is 25.3. The fourth-order valence-electron chi connectivity index (χ4n) is 2.79. The van der Waals surface area contributed by atoms with Crippen LogP contribution in [0.15, 0.2) is 29.3 Å². The molecule has 1 fully saturated rings. The number of hydrogen-bond acceptors (Lipinski definition) is 3. The maximum Gasteiger partial charge on any atom is 0.253 e. The van der Waals surface area contributed by atoms with Gasteiger partial charge in [0, 0.05) is 59.9 Å². The molecule has 1 aromatic rings. The summed E-state index contributed by atoms with van der Waals surface area (Å²) >= 11 is 0. The first-order valence-corrected chi connectivity index (χ1v) is 8.34. The standard InChI is InChI=1S/C18H29N5O/c1-20(2)18(21(3)4)19-14-15-6-8-16(9-7-15)17(24)23-12-10-22(5)11-13-23/h6-9H,10-14H2,1-5H3. The van der Waals surface area contributed by atoms with Gasteiger partial charge >= 0.3 is 0 Å². The summed E-state index contributed by atoms with van der Waals surface area (Å²) in [7, 11) is 10.0. The lowest BCUT2D eigenvalue weighted by atomic mass is 10.1. The lowest BCUT2D eigenvalue weighted by Gasteiger charge is -2.32. The summed E-state index contributed by atoms with van der Waals surface area (Å²) in [6.45, 7) is 4.09. The van der Waals surface area contributed by atoms with Gasteiger partial charge in [-0.3, -0.25) is 4.79 Å². The van der Waals surface area contributed by atoms with E-state index in [0.717, 1.165) is 43.3 Å². The highest BCUT2D eigenvalue weighted by Crippen LogP contribution is 2.11. The Morgan fingerprint density at radius 3 is 2.04 bits per heavy atom. The van der Waals surface area contributed by atoms with Crippen LogP contribution in [0.5, 0.6) is 0 Å². The van der Waals surface area contributed by atoms with E-state index in [1.54, 1.807) is 0 Å². The second-order valence-corrected chi connectivity index (χ2v) is 6.70. The highest BCUT2D eigenvalue weighted by molar-refractivity contribution is 5.94. The third-order valence-corrected chi connectivity index (χ3v) is 4.19. The topological polar surface area (TPSA) is 42.4 Å². The molecule has 0 saturated carbocycles. The minimum atomic E-state index is 0.125. The van der Waals surface area contributed by atoms with Crippen LogP contribution in [-0.2, 0) is 6.54 Å². The second kappa shape index (κ2) is 8.15. The lowest BCUT2D eigenvalue weighted by molar-refractivity contribution is 0.0664. The van der Waals surface area contributed by atoms with Gasteiger partial charge in [0.15, 0.2) is 5.96 Å². The van der Waals surface area contributed by atoms with Crippen molar-refractivity contribution < 1.29 is 4.79 Å². The minimum absolute atomic E-state index is 0.125. The van der Waals surface area contributed by atoms with Gasteiger partial charge in [-0.05, 0) is 24.7 Å². The molecule has 132 valence electrons. The van der Waals surface area contributed by atoms with Crippen LogP contribution in [0.25, 0.3) is 0 Å². The Balaban J connectivity index is 2.00. The molecule has 0 aliphatic carbocycles. The Morgan fingerprint density at radius 2 is 1.54 bits per heavy atom. The number of likely N-dealkylation sites (N-methyl/N-ethyl adjacent to an activating group) is 1. The number of carbonyl (C=O) groups excluding carboxylic acids is 1. The quantitative estimate of drug-likeness (QED) is 0.613. The average molecular weight is 331 g/mol.